The molecule has 3 heterocycles. The molecule has 0 atom stereocenters. The zero-order valence-electron chi connectivity index (χ0n) is 8.11. The van der Waals surface area contributed by atoms with Crippen molar-refractivity contribution in [2.24, 2.45) is 5.92 Å². The van der Waals surface area contributed by atoms with E-state index < -0.39 is 5.97 Å². The van der Waals surface area contributed by atoms with E-state index in [0.717, 1.165) is 5.56 Å². The smallest absolute Gasteiger partial charge is 0.312 e. The van der Waals surface area contributed by atoms with Gasteiger partial charge in [0.05, 0.1) is 19.8 Å². The highest BCUT2D eigenvalue weighted by atomic mass is 35.5. The van der Waals surface area contributed by atoms with Crippen molar-refractivity contribution < 1.29 is 14.2 Å². The lowest BCUT2D eigenvalue weighted by molar-refractivity contribution is -0.460. The van der Waals surface area contributed by atoms with Gasteiger partial charge in [-0.3, -0.25) is 0 Å². The largest absolute Gasteiger partial charge is 0.323 e. The molecule has 15 heavy (non-hydrogen) atoms. The van der Waals surface area contributed by atoms with Gasteiger partial charge in [0.1, 0.15) is 0 Å². The van der Waals surface area contributed by atoms with E-state index in [9.17, 15) is 0 Å². The van der Waals surface area contributed by atoms with Crippen LogP contribution in [0.4, 0.5) is 0 Å². The van der Waals surface area contributed by atoms with Crippen molar-refractivity contribution in [2.45, 2.75) is 5.97 Å². The third kappa shape index (κ3) is 1.56. The van der Waals surface area contributed by atoms with Gasteiger partial charge in [-0.25, -0.2) is 0 Å². The van der Waals surface area contributed by atoms with Crippen LogP contribution in [-0.4, -0.2) is 19.8 Å². The van der Waals surface area contributed by atoms with E-state index in [2.05, 4.69) is 0 Å². The van der Waals surface area contributed by atoms with Crippen LogP contribution in [0.25, 0.3) is 0 Å². The van der Waals surface area contributed by atoms with E-state index in [1.165, 1.54) is 0 Å². The highest BCUT2D eigenvalue weighted by molar-refractivity contribution is 6.30. The molecular formula is C11H11ClO3. The predicted molar refractivity (Wildman–Crippen MR) is 54.5 cm³/mol. The van der Waals surface area contributed by atoms with Crippen LogP contribution in [-0.2, 0) is 20.2 Å². The molecule has 3 fully saturated rings. The fraction of sp³-hybridized carbons (Fsp3) is 0.455. The minimum atomic E-state index is -0.987. The fourth-order valence-corrected chi connectivity index (χ4v) is 1.98. The quantitative estimate of drug-likeness (QED) is 0.735. The summed E-state index contributed by atoms with van der Waals surface area (Å²) in [7, 11) is 0. The molecule has 3 saturated heterocycles. The molecule has 0 radical (unpaired) electrons. The SMILES string of the molecule is Clc1ccc(C23OCC(CO2)CO3)cc1. The lowest BCUT2D eigenvalue weighted by Gasteiger charge is -2.45. The molecule has 3 nitrogen and oxygen atoms in total. The van der Waals surface area contributed by atoms with Gasteiger partial charge in [0.25, 0.3) is 0 Å². The summed E-state index contributed by atoms with van der Waals surface area (Å²) >= 11 is 5.83. The highest BCUT2D eigenvalue weighted by Crippen LogP contribution is 2.38. The van der Waals surface area contributed by atoms with Gasteiger partial charge < -0.3 is 14.2 Å². The molecule has 0 saturated carbocycles. The summed E-state index contributed by atoms with van der Waals surface area (Å²) < 4.78 is 16.8. The van der Waals surface area contributed by atoms with E-state index in [1.807, 2.05) is 24.3 Å². The third-order valence-electron chi connectivity index (χ3n) is 2.72. The van der Waals surface area contributed by atoms with Crippen LogP contribution < -0.4 is 0 Å². The summed E-state index contributed by atoms with van der Waals surface area (Å²) in [5.74, 6) is -0.613. The Morgan fingerprint density at radius 3 is 2.07 bits per heavy atom. The lowest BCUT2D eigenvalue weighted by Crippen LogP contribution is -2.51. The van der Waals surface area contributed by atoms with Crippen LogP contribution >= 0.6 is 11.6 Å². The standard InChI is InChI=1S/C11H11ClO3/c12-10-3-1-9(2-4-10)11-13-5-8(6-14-11)7-15-11/h1-4,8H,5-7H2. The second kappa shape index (κ2) is 3.46. The normalized spacial score (nSPS) is 34.3. The van der Waals surface area contributed by atoms with E-state index in [1.54, 1.807) is 0 Å². The molecule has 4 rings (SSSR count). The molecule has 0 amide bonds. The molecule has 3 aliphatic rings. The van der Waals surface area contributed by atoms with Crippen molar-refractivity contribution in [1.82, 2.24) is 0 Å². The van der Waals surface area contributed by atoms with Crippen LogP contribution in [0.15, 0.2) is 24.3 Å². The zero-order valence-corrected chi connectivity index (χ0v) is 8.87. The van der Waals surface area contributed by atoms with Crippen molar-refractivity contribution in [3.63, 3.8) is 0 Å². The van der Waals surface area contributed by atoms with E-state index in [0.29, 0.717) is 30.8 Å². The first-order valence-electron chi connectivity index (χ1n) is 4.96. The number of hydrogen-bond donors (Lipinski definition) is 0. The Hall–Kier alpha value is -0.610. The maximum absolute atomic E-state index is 5.83. The number of ether oxygens (including phenoxy) is 3. The maximum Gasteiger partial charge on any atom is 0.312 e. The van der Waals surface area contributed by atoms with Crippen LogP contribution in [0.5, 0.6) is 0 Å². The predicted octanol–water partition coefficient (Wildman–Crippen LogP) is 2.14. The molecule has 4 heteroatoms. The van der Waals surface area contributed by atoms with Gasteiger partial charge in [-0.05, 0) is 24.3 Å². The van der Waals surface area contributed by atoms with Crippen molar-refractivity contribution >= 4 is 11.6 Å². The Balaban J connectivity index is 1.94. The highest BCUT2D eigenvalue weighted by Gasteiger charge is 2.46. The summed E-state index contributed by atoms with van der Waals surface area (Å²) in [6.07, 6.45) is 0. The number of hydrogen-bond acceptors (Lipinski definition) is 3. The van der Waals surface area contributed by atoms with Crippen LogP contribution in [0.3, 0.4) is 0 Å². The van der Waals surface area contributed by atoms with Gasteiger partial charge in [-0.15, -0.1) is 0 Å². The average Bonchev–Trinajstić information content (AvgIpc) is 2.32. The minimum absolute atomic E-state index is 0.374. The van der Waals surface area contributed by atoms with Gasteiger partial charge in [-0.2, -0.15) is 0 Å². The fourth-order valence-electron chi connectivity index (χ4n) is 1.86. The molecule has 80 valence electrons. The monoisotopic (exact) mass is 226 g/mol. The lowest BCUT2D eigenvalue weighted by atomic mass is 10.1. The Bertz CT molecular complexity index is 341. The topological polar surface area (TPSA) is 27.7 Å². The summed E-state index contributed by atoms with van der Waals surface area (Å²) in [6.45, 7) is 2.09. The molecule has 0 N–H and O–H groups in total. The summed E-state index contributed by atoms with van der Waals surface area (Å²) in [5, 5.41) is 0.694. The van der Waals surface area contributed by atoms with Crippen LogP contribution in [0.2, 0.25) is 5.02 Å². The Morgan fingerprint density at radius 2 is 1.53 bits per heavy atom. The van der Waals surface area contributed by atoms with Crippen molar-refractivity contribution in [1.29, 1.82) is 0 Å². The molecule has 2 bridgehead atoms. The zero-order chi connectivity index (χ0) is 10.3. The number of fused-ring (bicyclic) bond motifs is 3. The Kier molecular flexibility index (Phi) is 2.21. The average molecular weight is 227 g/mol. The van der Waals surface area contributed by atoms with Gasteiger partial charge in [-0.1, -0.05) is 11.6 Å². The van der Waals surface area contributed by atoms with Crippen molar-refractivity contribution in [3.8, 4) is 0 Å². The first kappa shape index (κ1) is 9.60. The molecule has 3 aliphatic heterocycles. The molecule has 0 aliphatic carbocycles. The van der Waals surface area contributed by atoms with Crippen LogP contribution in [0.1, 0.15) is 5.56 Å². The Labute approximate surface area is 92.9 Å². The van der Waals surface area contributed by atoms with E-state index >= 15 is 0 Å². The second-order valence-electron chi connectivity index (χ2n) is 3.86. The molecule has 0 unspecified atom stereocenters. The maximum atomic E-state index is 5.83. The molecule has 0 aromatic heterocycles. The summed E-state index contributed by atoms with van der Waals surface area (Å²) in [4.78, 5) is 0. The second-order valence-corrected chi connectivity index (χ2v) is 4.30. The first-order valence-corrected chi connectivity index (χ1v) is 5.34. The van der Waals surface area contributed by atoms with Crippen molar-refractivity contribution in [2.75, 3.05) is 19.8 Å². The number of halogens is 1. The summed E-state index contributed by atoms with van der Waals surface area (Å²) in [5.41, 5.74) is 0.866. The van der Waals surface area contributed by atoms with E-state index in [4.69, 9.17) is 25.8 Å². The first-order chi connectivity index (χ1) is 7.28. The molecule has 0 spiro atoms. The van der Waals surface area contributed by atoms with E-state index in [-0.39, 0.29) is 0 Å². The van der Waals surface area contributed by atoms with Gasteiger partial charge in [0.15, 0.2) is 0 Å². The van der Waals surface area contributed by atoms with Gasteiger partial charge in [0.2, 0.25) is 0 Å². The minimum Gasteiger partial charge on any atom is -0.323 e. The summed E-state index contributed by atoms with van der Waals surface area (Å²) in [6, 6.07) is 7.35. The van der Waals surface area contributed by atoms with Crippen molar-refractivity contribution in [3.05, 3.63) is 34.9 Å². The number of benzene rings is 1. The third-order valence-corrected chi connectivity index (χ3v) is 2.98. The Morgan fingerprint density at radius 1 is 1.00 bits per heavy atom. The molecule has 1 aromatic rings. The van der Waals surface area contributed by atoms with Gasteiger partial charge in [0, 0.05) is 16.5 Å². The van der Waals surface area contributed by atoms with Gasteiger partial charge >= 0.3 is 5.97 Å². The molecular weight excluding hydrogens is 216 g/mol. The molecule has 1 aromatic carbocycles. The number of rotatable bonds is 1. The van der Waals surface area contributed by atoms with Crippen LogP contribution in [0, 0.1) is 5.92 Å².